The van der Waals surface area contributed by atoms with Gasteiger partial charge in [-0.1, -0.05) is 24.3 Å². The van der Waals surface area contributed by atoms with Gasteiger partial charge in [0.05, 0.1) is 24.0 Å². The van der Waals surface area contributed by atoms with E-state index in [0.717, 1.165) is 0 Å². The van der Waals surface area contributed by atoms with E-state index in [-0.39, 0.29) is 23.8 Å². The SMILES string of the molecule is COc1ccc(NC(=O)C2CSCN2C(=O)Cn2c3ccccc3c(=O)c3ccccc32)cc1. The summed E-state index contributed by atoms with van der Waals surface area (Å²) in [6, 6.07) is 21.1. The van der Waals surface area contributed by atoms with E-state index in [9.17, 15) is 14.4 Å². The van der Waals surface area contributed by atoms with E-state index in [1.54, 1.807) is 60.2 Å². The molecule has 2 heterocycles. The number of carbonyl (C=O) groups is 2. The Balaban J connectivity index is 1.43. The summed E-state index contributed by atoms with van der Waals surface area (Å²) in [5.41, 5.74) is 1.99. The maximum absolute atomic E-state index is 13.5. The summed E-state index contributed by atoms with van der Waals surface area (Å²) < 4.78 is 7.03. The smallest absolute Gasteiger partial charge is 0.248 e. The molecule has 34 heavy (non-hydrogen) atoms. The molecular weight excluding hydrogens is 450 g/mol. The van der Waals surface area contributed by atoms with E-state index in [2.05, 4.69) is 5.32 Å². The number of aromatic nitrogens is 1. The molecule has 1 unspecified atom stereocenters. The van der Waals surface area contributed by atoms with E-state index in [1.807, 2.05) is 41.0 Å². The molecule has 8 heteroatoms. The summed E-state index contributed by atoms with van der Waals surface area (Å²) in [5, 5.41) is 4.04. The first kappa shape index (κ1) is 22.0. The van der Waals surface area contributed by atoms with Crippen molar-refractivity contribution >= 4 is 51.1 Å². The summed E-state index contributed by atoms with van der Waals surface area (Å²) in [6.45, 7) is 0.0359. The van der Waals surface area contributed by atoms with Crippen molar-refractivity contribution in [1.82, 2.24) is 9.47 Å². The lowest BCUT2D eigenvalue weighted by Gasteiger charge is -2.24. The van der Waals surface area contributed by atoms with Gasteiger partial charge in [0.2, 0.25) is 11.8 Å². The highest BCUT2D eigenvalue weighted by atomic mass is 32.2. The number of amides is 2. The molecule has 4 aromatic rings. The lowest BCUT2D eigenvalue weighted by molar-refractivity contribution is -0.136. The second-order valence-electron chi connectivity index (χ2n) is 8.05. The third-order valence-electron chi connectivity index (χ3n) is 6.04. The van der Waals surface area contributed by atoms with Crippen molar-refractivity contribution in [3.05, 3.63) is 83.0 Å². The molecule has 5 rings (SSSR count). The topological polar surface area (TPSA) is 80.6 Å². The number of para-hydroxylation sites is 2. The van der Waals surface area contributed by atoms with Crippen LogP contribution in [0.1, 0.15) is 0 Å². The van der Waals surface area contributed by atoms with E-state index in [4.69, 9.17) is 4.74 Å². The molecule has 2 amide bonds. The molecule has 1 atom stereocenters. The number of nitrogens with zero attached hydrogens (tertiary/aromatic N) is 2. The lowest BCUT2D eigenvalue weighted by atomic mass is 10.1. The number of nitrogens with one attached hydrogen (secondary N) is 1. The first-order valence-corrected chi connectivity index (χ1v) is 12.0. The normalized spacial score (nSPS) is 15.6. The number of hydrogen-bond acceptors (Lipinski definition) is 5. The number of hydrogen-bond donors (Lipinski definition) is 1. The van der Waals surface area contributed by atoms with Crippen molar-refractivity contribution in [3.63, 3.8) is 0 Å². The molecule has 1 aliphatic heterocycles. The van der Waals surface area contributed by atoms with Gasteiger partial charge in [0, 0.05) is 22.2 Å². The average Bonchev–Trinajstić information content (AvgIpc) is 3.37. The predicted octanol–water partition coefficient (Wildman–Crippen LogP) is 3.70. The number of fused-ring (bicyclic) bond motifs is 2. The maximum Gasteiger partial charge on any atom is 0.248 e. The van der Waals surface area contributed by atoms with Crippen molar-refractivity contribution in [3.8, 4) is 5.75 Å². The van der Waals surface area contributed by atoms with Crippen molar-refractivity contribution < 1.29 is 14.3 Å². The van der Waals surface area contributed by atoms with Crippen LogP contribution in [0.5, 0.6) is 5.75 Å². The number of methoxy groups -OCH3 is 1. The molecule has 1 aromatic heterocycles. The number of benzene rings is 3. The number of rotatable bonds is 5. The standard InChI is InChI=1S/C26H23N3O4S/c1-33-18-12-10-17(11-13-18)27-26(32)23-15-34-16-29(23)24(30)14-28-21-8-4-2-6-19(21)25(31)20-7-3-5-9-22(20)28/h2-13,23H,14-16H2,1H3,(H,27,32). The van der Waals surface area contributed by atoms with Crippen LogP contribution in [-0.2, 0) is 16.1 Å². The van der Waals surface area contributed by atoms with Crippen LogP contribution in [0.25, 0.3) is 21.8 Å². The summed E-state index contributed by atoms with van der Waals surface area (Å²) in [7, 11) is 1.59. The molecule has 0 saturated carbocycles. The van der Waals surface area contributed by atoms with Crippen molar-refractivity contribution in [2.45, 2.75) is 12.6 Å². The minimum atomic E-state index is -0.573. The maximum atomic E-state index is 13.5. The van der Waals surface area contributed by atoms with Gasteiger partial charge < -0.3 is 19.5 Å². The summed E-state index contributed by atoms with van der Waals surface area (Å²) in [6.07, 6.45) is 0. The number of thioether (sulfide) groups is 1. The molecule has 172 valence electrons. The predicted molar refractivity (Wildman–Crippen MR) is 135 cm³/mol. The van der Waals surface area contributed by atoms with Gasteiger partial charge in [-0.25, -0.2) is 0 Å². The fraction of sp³-hybridized carbons (Fsp3) is 0.192. The Labute approximate surface area is 200 Å². The van der Waals surface area contributed by atoms with Crippen LogP contribution in [-0.4, -0.2) is 46.1 Å². The highest BCUT2D eigenvalue weighted by molar-refractivity contribution is 7.99. The fourth-order valence-electron chi connectivity index (χ4n) is 4.28. The van der Waals surface area contributed by atoms with E-state index >= 15 is 0 Å². The lowest BCUT2D eigenvalue weighted by Crippen LogP contribution is -2.45. The molecule has 1 aliphatic rings. The van der Waals surface area contributed by atoms with Gasteiger partial charge in [0.1, 0.15) is 18.3 Å². The second-order valence-corrected chi connectivity index (χ2v) is 9.05. The quantitative estimate of drug-likeness (QED) is 0.447. The van der Waals surface area contributed by atoms with Crippen LogP contribution >= 0.6 is 11.8 Å². The summed E-state index contributed by atoms with van der Waals surface area (Å²) in [5.74, 6) is 1.28. The number of ether oxygens (including phenoxy) is 1. The third-order valence-corrected chi connectivity index (χ3v) is 7.05. The molecular formula is C26H23N3O4S. The number of pyridine rings is 1. The zero-order valence-electron chi connectivity index (χ0n) is 18.6. The Morgan fingerprint density at radius 2 is 1.59 bits per heavy atom. The van der Waals surface area contributed by atoms with Gasteiger partial charge in [-0.3, -0.25) is 14.4 Å². The van der Waals surface area contributed by atoms with E-state index < -0.39 is 6.04 Å². The van der Waals surface area contributed by atoms with Gasteiger partial charge in [-0.15, -0.1) is 11.8 Å². The van der Waals surface area contributed by atoms with Crippen molar-refractivity contribution in [1.29, 1.82) is 0 Å². The van der Waals surface area contributed by atoms with Gasteiger partial charge in [0.25, 0.3) is 0 Å². The van der Waals surface area contributed by atoms with Gasteiger partial charge in [-0.2, -0.15) is 0 Å². The first-order chi connectivity index (χ1) is 16.6. The van der Waals surface area contributed by atoms with Crippen LogP contribution in [0.15, 0.2) is 77.6 Å². The molecule has 0 spiro atoms. The Bertz CT molecular complexity index is 1390. The first-order valence-electron chi connectivity index (χ1n) is 10.9. The highest BCUT2D eigenvalue weighted by Gasteiger charge is 2.35. The van der Waals surface area contributed by atoms with Gasteiger partial charge in [-0.05, 0) is 48.5 Å². The van der Waals surface area contributed by atoms with Crippen molar-refractivity contribution in [2.24, 2.45) is 0 Å². The molecule has 1 saturated heterocycles. The Morgan fingerprint density at radius 1 is 0.971 bits per heavy atom. The molecule has 1 N–H and O–H groups in total. The average molecular weight is 474 g/mol. The van der Waals surface area contributed by atoms with Crippen LogP contribution in [0.3, 0.4) is 0 Å². The van der Waals surface area contributed by atoms with Crippen molar-refractivity contribution in [2.75, 3.05) is 24.1 Å². The van der Waals surface area contributed by atoms with Crippen LogP contribution < -0.4 is 15.5 Å². The number of anilines is 1. The highest BCUT2D eigenvalue weighted by Crippen LogP contribution is 2.25. The monoisotopic (exact) mass is 473 g/mol. The summed E-state index contributed by atoms with van der Waals surface area (Å²) >= 11 is 1.55. The second kappa shape index (κ2) is 9.23. The van der Waals surface area contributed by atoms with Crippen LogP contribution in [0, 0.1) is 0 Å². The molecule has 3 aromatic carbocycles. The van der Waals surface area contributed by atoms with E-state index in [1.165, 1.54) is 0 Å². The molecule has 0 aliphatic carbocycles. The fourth-order valence-corrected chi connectivity index (χ4v) is 5.46. The van der Waals surface area contributed by atoms with Gasteiger partial charge in [0.15, 0.2) is 5.43 Å². The molecule has 0 radical (unpaired) electrons. The number of carbonyl (C=O) groups excluding carboxylic acids is 2. The zero-order chi connectivity index (χ0) is 23.7. The third kappa shape index (κ3) is 4.01. The zero-order valence-corrected chi connectivity index (χ0v) is 19.4. The van der Waals surface area contributed by atoms with Gasteiger partial charge >= 0.3 is 0 Å². The Kier molecular flexibility index (Phi) is 5.98. The Hall–Kier alpha value is -3.78. The summed E-state index contributed by atoms with van der Waals surface area (Å²) in [4.78, 5) is 41.0. The minimum absolute atomic E-state index is 0.0359. The van der Waals surface area contributed by atoms with E-state index in [0.29, 0.717) is 44.9 Å². The molecule has 7 nitrogen and oxygen atoms in total. The largest absolute Gasteiger partial charge is 0.497 e. The molecule has 1 fully saturated rings. The molecule has 0 bridgehead atoms. The van der Waals surface area contributed by atoms with Crippen LogP contribution in [0.4, 0.5) is 5.69 Å². The minimum Gasteiger partial charge on any atom is -0.497 e. The Morgan fingerprint density at radius 3 is 2.21 bits per heavy atom. The van der Waals surface area contributed by atoms with Crippen LogP contribution in [0.2, 0.25) is 0 Å².